The molecule has 1 aromatic rings. The third kappa shape index (κ3) is 4.51. The summed E-state index contributed by atoms with van der Waals surface area (Å²) in [6, 6.07) is 9.39. The van der Waals surface area contributed by atoms with Crippen LogP contribution in [0.15, 0.2) is 30.3 Å². The molecule has 3 rings (SSSR count). The van der Waals surface area contributed by atoms with E-state index in [2.05, 4.69) is 5.32 Å². The van der Waals surface area contributed by atoms with Gasteiger partial charge in [0.1, 0.15) is 24.9 Å². The lowest BCUT2D eigenvalue weighted by molar-refractivity contribution is -0.187. The van der Waals surface area contributed by atoms with E-state index in [0.717, 1.165) is 5.56 Å². The molecule has 2 aliphatic rings. The first kappa shape index (κ1) is 18.6. The Balaban J connectivity index is 1.52. The highest BCUT2D eigenvalue weighted by molar-refractivity contribution is 5.74. The van der Waals surface area contributed by atoms with Crippen molar-refractivity contribution in [2.75, 3.05) is 6.54 Å². The van der Waals surface area contributed by atoms with E-state index in [1.54, 1.807) is 13.8 Å². The van der Waals surface area contributed by atoms with Crippen LogP contribution in [0.4, 0.5) is 4.79 Å². The van der Waals surface area contributed by atoms with E-state index in [1.165, 1.54) is 0 Å². The minimum Gasteiger partial charge on any atom is -0.445 e. The SMILES string of the molecule is CC1(C)O[C@@H]2[C@H](O1)[C@@H](CNC(=O)OCc1ccccc1)O[C@H]2CC(N)=O. The fourth-order valence-electron chi connectivity index (χ4n) is 3.26. The maximum absolute atomic E-state index is 11.9. The molecule has 4 atom stereocenters. The number of carbonyl (C=O) groups is 2. The molecule has 142 valence electrons. The molecule has 0 spiro atoms. The van der Waals surface area contributed by atoms with E-state index in [9.17, 15) is 9.59 Å². The zero-order valence-electron chi connectivity index (χ0n) is 14.8. The van der Waals surface area contributed by atoms with Crippen LogP contribution in [-0.4, -0.2) is 48.7 Å². The second kappa shape index (κ2) is 7.61. The van der Waals surface area contributed by atoms with Gasteiger partial charge in [-0.05, 0) is 19.4 Å². The molecule has 2 fully saturated rings. The molecule has 3 N–H and O–H groups in total. The van der Waals surface area contributed by atoms with Crippen molar-refractivity contribution < 1.29 is 28.5 Å². The van der Waals surface area contributed by atoms with Gasteiger partial charge < -0.3 is 30.0 Å². The molecule has 2 amide bonds. The quantitative estimate of drug-likeness (QED) is 0.782. The maximum atomic E-state index is 11.9. The molecular formula is C18H24N2O6. The van der Waals surface area contributed by atoms with Gasteiger partial charge in [0, 0.05) is 6.54 Å². The smallest absolute Gasteiger partial charge is 0.407 e. The van der Waals surface area contributed by atoms with Crippen molar-refractivity contribution in [3.8, 4) is 0 Å². The van der Waals surface area contributed by atoms with Gasteiger partial charge in [-0.3, -0.25) is 4.79 Å². The Labute approximate surface area is 151 Å². The molecule has 2 heterocycles. The van der Waals surface area contributed by atoms with Gasteiger partial charge >= 0.3 is 6.09 Å². The van der Waals surface area contributed by atoms with Crippen molar-refractivity contribution in [3.05, 3.63) is 35.9 Å². The molecule has 0 aliphatic carbocycles. The van der Waals surface area contributed by atoms with Crippen LogP contribution in [0.3, 0.4) is 0 Å². The zero-order valence-corrected chi connectivity index (χ0v) is 14.8. The van der Waals surface area contributed by atoms with E-state index in [1.807, 2.05) is 30.3 Å². The number of ether oxygens (including phenoxy) is 4. The van der Waals surface area contributed by atoms with Gasteiger partial charge in [0.25, 0.3) is 0 Å². The predicted molar refractivity (Wildman–Crippen MR) is 90.9 cm³/mol. The van der Waals surface area contributed by atoms with Gasteiger partial charge in [-0.25, -0.2) is 4.79 Å². The summed E-state index contributed by atoms with van der Waals surface area (Å²) in [4.78, 5) is 23.2. The van der Waals surface area contributed by atoms with E-state index in [4.69, 9.17) is 24.7 Å². The minimum absolute atomic E-state index is 0.0373. The molecule has 0 aromatic heterocycles. The molecule has 2 saturated heterocycles. The molecule has 0 radical (unpaired) electrons. The molecular weight excluding hydrogens is 340 g/mol. The van der Waals surface area contributed by atoms with Gasteiger partial charge in [0.2, 0.25) is 5.91 Å². The number of rotatable bonds is 6. The van der Waals surface area contributed by atoms with Crippen LogP contribution < -0.4 is 11.1 Å². The van der Waals surface area contributed by atoms with Crippen LogP contribution in [-0.2, 0) is 30.3 Å². The van der Waals surface area contributed by atoms with Crippen LogP contribution in [0.25, 0.3) is 0 Å². The zero-order chi connectivity index (χ0) is 18.7. The van der Waals surface area contributed by atoms with Crippen molar-refractivity contribution in [3.63, 3.8) is 0 Å². The largest absolute Gasteiger partial charge is 0.445 e. The fraction of sp³-hybridized carbons (Fsp3) is 0.556. The van der Waals surface area contributed by atoms with Gasteiger partial charge in [-0.2, -0.15) is 0 Å². The van der Waals surface area contributed by atoms with Crippen LogP contribution in [0, 0.1) is 0 Å². The highest BCUT2D eigenvalue weighted by Gasteiger charge is 2.55. The highest BCUT2D eigenvalue weighted by Crippen LogP contribution is 2.39. The maximum Gasteiger partial charge on any atom is 0.407 e. The lowest BCUT2D eigenvalue weighted by Crippen LogP contribution is -2.40. The third-order valence-electron chi connectivity index (χ3n) is 4.31. The summed E-state index contributed by atoms with van der Waals surface area (Å²) in [5, 5.41) is 2.67. The summed E-state index contributed by atoms with van der Waals surface area (Å²) >= 11 is 0. The Morgan fingerprint density at radius 3 is 2.46 bits per heavy atom. The molecule has 26 heavy (non-hydrogen) atoms. The molecule has 2 aliphatic heterocycles. The minimum atomic E-state index is -0.777. The van der Waals surface area contributed by atoms with Crippen molar-refractivity contribution in [2.45, 2.75) is 57.1 Å². The summed E-state index contributed by atoms with van der Waals surface area (Å²) in [5.41, 5.74) is 6.18. The standard InChI is InChI=1S/C18H24N2O6/c1-18(2)25-15-12(8-14(19)21)24-13(16(15)26-18)9-20-17(22)23-10-11-6-4-3-5-7-11/h3-7,12-13,15-16H,8-10H2,1-2H3,(H2,19,21)(H,20,22)/t12-,13+,15-,16+/m0/s1. The molecule has 0 saturated carbocycles. The fourth-order valence-corrected chi connectivity index (χ4v) is 3.26. The monoisotopic (exact) mass is 364 g/mol. The number of nitrogens with one attached hydrogen (secondary N) is 1. The number of hydrogen-bond acceptors (Lipinski definition) is 6. The predicted octanol–water partition coefficient (Wildman–Crippen LogP) is 1.08. The summed E-state index contributed by atoms with van der Waals surface area (Å²) in [6.45, 7) is 3.96. The van der Waals surface area contributed by atoms with E-state index in [0.29, 0.717) is 0 Å². The highest BCUT2D eigenvalue weighted by atomic mass is 16.8. The van der Waals surface area contributed by atoms with Gasteiger partial charge in [-0.1, -0.05) is 30.3 Å². The van der Waals surface area contributed by atoms with Crippen LogP contribution in [0.2, 0.25) is 0 Å². The Kier molecular flexibility index (Phi) is 5.45. The van der Waals surface area contributed by atoms with Crippen LogP contribution >= 0.6 is 0 Å². The number of benzene rings is 1. The normalized spacial score (nSPS) is 29.2. The summed E-state index contributed by atoms with van der Waals surface area (Å²) in [6.07, 6.45) is -2.24. The van der Waals surface area contributed by atoms with Gasteiger partial charge in [-0.15, -0.1) is 0 Å². The second-order valence-corrected chi connectivity index (χ2v) is 6.89. The van der Waals surface area contributed by atoms with Crippen molar-refractivity contribution in [2.24, 2.45) is 5.73 Å². The first-order valence-corrected chi connectivity index (χ1v) is 8.58. The average Bonchev–Trinajstić information content (AvgIpc) is 3.05. The summed E-state index contributed by atoms with van der Waals surface area (Å²) in [5.74, 6) is -1.25. The number of amides is 2. The lowest BCUT2D eigenvalue weighted by atomic mass is 10.1. The van der Waals surface area contributed by atoms with Gasteiger partial charge in [0.15, 0.2) is 5.79 Å². The van der Waals surface area contributed by atoms with Crippen LogP contribution in [0.1, 0.15) is 25.8 Å². The molecule has 1 aromatic carbocycles. The first-order valence-electron chi connectivity index (χ1n) is 8.58. The summed E-state index contributed by atoms with van der Waals surface area (Å²) < 4.78 is 22.7. The van der Waals surface area contributed by atoms with E-state index < -0.39 is 36.1 Å². The molecule has 0 bridgehead atoms. The van der Waals surface area contributed by atoms with Crippen molar-refractivity contribution in [1.82, 2.24) is 5.32 Å². The number of primary amides is 1. The second-order valence-electron chi connectivity index (χ2n) is 6.89. The molecule has 8 heteroatoms. The van der Waals surface area contributed by atoms with Crippen molar-refractivity contribution >= 4 is 12.0 Å². The Morgan fingerprint density at radius 1 is 1.15 bits per heavy atom. The summed E-state index contributed by atoms with van der Waals surface area (Å²) in [7, 11) is 0. The van der Waals surface area contributed by atoms with E-state index in [-0.39, 0.29) is 25.7 Å². The number of fused-ring (bicyclic) bond motifs is 1. The Morgan fingerprint density at radius 2 is 1.81 bits per heavy atom. The first-order chi connectivity index (χ1) is 12.3. The van der Waals surface area contributed by atoms with Gasteiger partial charge in [0.05, 0.1) is 12.5 Å². The molecule has 8 nitrogen and oxygen atoms in total. The Bertz CT molecular complexity index is 650. The third-order valence-corrected chi connectivity index (χ3v) is 4.31. The number of alkyl carbamates (subject to hydrolysis) is 1. The number of hydrogen-bond donors (Lipinski definition) is 2. The van der Waals surface area contributed by atoms with Crippen molar-refractivity contribution in [1.29, 1.82) is 0 Å². The lowest BCUT2D eigenvalue weighted by Gasteiger charge is -2.23. The number of nitrogens with two attached hydrogens (primary N) is 1. The average molecular weight is 364 g/mol. The number of carbonyl (C=O) groups excluding carboxylic acids is 2. The topological polar surface area (TPSA) is 109 Å². The van der Waals surface area contributed by atoms with E-state index >= 15 is 0 Å². The molecule has 0 unspecified atom stereocenters. The Hall–Kier alpha value is -2.16. The van der Waals surface area contributed by atoms with Crippen LogP contribution in [0.5, 0.6) is 0 Å².